The van der Waals surface area contributed by atoms with Crippen LogP contribution in [0.2, 0.25) is 0 Å². The highest BCUT2D eigenvalue weighted by Gasteiger charge is 2.42. The summed E-state index contributed by atoms with van der Waals surface area (Å²) in [7, 11) is -0.977. The molecule has 0 atom stereocenters. The first-order chi connectivity index (χ1) is 22.6. The van der Waals surface area contributed by atoms with Gasteiger partial charge in [-0.25, -0.2) is 8.42 Å². The molecule has 0 unspecified atom stereocenters. The van der Waals surface area contributed by atoms with Gasteiger partial charge in [-0.3, -0.25) is 19.2 Å². The number of sulfone groups is 1. The second-order valence-corrected chi connectivity index (χ2v) is 16.3. The molecule has 2 aromatic rings. The molecule has 0 saturated heterocycles. The topological polar surface area (TPSA) is 158 Å². The standard InChI is InChI=1S/C36H50O12S/c1-33(2,29(37)45-21-19-43-9)23-35(5,6)31(39)47-25-11-15-27(16-12-25)49(41,42)28-17-13-26(14-18-28)48-32(40)36(7,8)24-34(3,4)30(38)46-22-20-44-10/h11-18H,19-24H2,1-10H3. The zero-order valence-corrected chi connectivity index (χ0v) is 31.0. The van der Waals surface area contributed by atoms with Gasteiger partial charge in [0.05, 0.1) is 44.7 Å². The molecule has 0 aliphatic rings. The Morgan fingerprint density at radius 2 is 0.776 bits per heavy atom. The van der Waals surface area contributed by atoms with Gasteiger partial charge in [0.25, 0.3) is 0 Å². The van der Waals surface area contributed by atoms with Crippen molar-refractivity contribution in [3.63, 3.8) is 0 Å². The van der Waals surface area contributed by atoms with Crippen LogP contribution in [-0.4, -0.2) is 72.9 Å². The third kappa shape index (κ3) is 11.6. The van der Waals surface area contributed by atoms with Gasteiger partial charge >= 0.3 is 23.9 Å². The van der Waals surface area contributed by atoms with Crippen molar-refractivity contribution in [2.75, 3.05) is 40.6 Å². The fourth-order valence-corrected chi connectivity index (χ4v) is 6.59. The Morgan fingerprint density at radius 3 is 1.06 bits per heavy atom. The summed E-state index contributed by atoms with van der Waals surface area (Å²) in [5.74, 6) is -1.86. The minimum atomic E-state index is -3.97. The van der Waals surface area contributed by atoms with E-state index in [1.165, 1.54) is 62.8 Å². The van der Waals surface area contributed by atoms with Crippen molar-refractivity contribution in [1.29, 1.82) is 0 Å². The Morgan fingerprint density at radius 1 is 0.490 bits per heavy atom. The summed E-state index contributed by atoms with van der Waals surface area (Å²) in [6, 6.07) is 10.8. The number of hydrogen-bond donors (Lipinski definition) is 0. The quantitative estimate of drug-likeness (QED) is 0.108. The van der Waals surface area contributed by atoms with E-state index in [1.807, 2.05) is 0 Å². The van der Waals surface area contributed by atoms with Gasteiger partial charge in [0.1, 0.15) is 24.7 Å². The lowest BCUT2D eigenvalue weighted by molar-refractivity contribution is -0.160. The number of benzene rings is 2. The summed E-state index contributed by atoms with van der Waals surface area (Å²) in [5.41, 5.74) is -4.09. The van der Waals surface area contributed by atoms with Gasteiger partial charge in [-0.2, -0.15) is 0 Å². The smallest absolute Gasteiger partial charge is 0.316 e. The molecule has 0 saturated carbocycles. The highest BCUT2D eigenvalue weighted by atomic mass is 32.2. The molecule has 0 radical (unpaired) electrons. The highest BCUT2D eigenvalue weighted by molar-refractivity contribution is 7.91. The molecule has 0 fully saturated rings. The predicted molar refractivity (Wildman–Crippen MR) is 180 cm³/mol. The van der Waals surface area contributed by atoms with E-state index in [0.29, 0.717) is 0 Å². The van der Waals surface area contributed by atoms with E-state index in [0.717, 1.165) is 0 Å². The number of hydrogen-bond acceptors (Lipinski definition) is 12. The van der Waals surface area contributed by atoms with Crippen molar-refractivity contribution in [2.45, 2.75) is 78.0 Å². The second kappa shape index (κ2) is 16.7. The van der Waals surface area contributed by atoms with Crippen molar-refractivity contribution < 1.29 is 56.0 Å². The Bertz CT molecular complexity index is 1440. The number of rotatable bonds is 18. The molecule has 272 valence electrons. The number of carbonyl (C=O) groups is 4. The monoisotopic (exact) mass is 706 g/mol. The summed E-state index contributed by atoms with van der Waals surface area (Å²) in [4.78, 5) is 51.0. The van der Waals surface area contributed by atoms with Crippen LogP contribution < -0.4 is 9.47 Å². The van der Waals surface area contributed by atoms with Crippen molar-refractivity contribution in [1.82, 2.24) is 0 Å². The van der Waals surface area contributed by atoms with Gasteiger partial charge in [0, 0.05) is 14.2 Å². The van der Waals surface area contributed by atoms with Crippen LogP contribution in [0.25, 0.3) is 0 Å². The van der Waals surface area contributed by atoms with Gasteiger partial charge in [0.15, 0.2) is 0 Å². The summed E-state index contributed by atoms with van der Waals surface area (Å²) in [5, 5.41) is 0. The average molecular weight is 707 g/mol. The van der Waals surface area contributed by atoms with Crippen LogP contribution >= 0.6 is 0 Å². The summed E-state index contributed by atoms with van der Waals surface area (Å²) in [6.45, 7) is 14.1. The van der Waals surface area contributed by atoms with Crippen LogP contribution in [0.5, 0.6) is 11.5 Å². The zero-order chi connectivity index (χ0) is 37.3. The van der Waals surface area contributed by atoms with Gasteiger partial charge in [-0.05, 0) is 117 Å². The van der Waals surface area contributed by atoms with Crippen LogP contribution in [-0.2, 0) is 48.0 Å². The van der Waals surface area contributed by atoms with Crippen molar-refractivity contribution in [3.8, 4) is 11.5 Å². The molecule has 0 N–H and O–H groups in total. The van der Waals surface area contributed by atoms with Crippen molar-refractivity contribution in [3.05, 3.63) is 48.5 Å². The molecular formula is C36H50O12S. The van der Waals surface area contributed by atoms with Gasteiger partial charge in [-0.15, -0.1) is 0 Å². The average Bonchev–Trinajstić information content (AvgIpc) is 3.00. The molecule has 0 aliphatic carbocycles. The van der Waals surface area contributed by atoms with E-state index >= 15 is 0 Å². The van der Waals surface area contributed by atoms with E-state index in [2.05, 4.69) is 0 Å². The molecule has 49 heavy (non-hydrogen) atoms. The molecule has 2 rings (SSSR count). The Kier molecular flexibility index (Phi) is 14.1. The molecule has 13 heteroatoms. The Hall–Kier alpha value is -3.81. The van der Waals surface area contributed by atoms with E-state index in [1.54, 1.807) is 55.4 Å². The van der Waals surface area contributed by atoms with Crippen LogP contribution in [0.1, 0.15) is 68.2 Å². The molecule has 0 heterocycles. The van der Waals surface area contributed by atoms with Crippen molar-refractivity contribution in [2.24, 2.45) is 21.7 Å². The van der Waals surface area contributed by atoms with Gasteiger partial charge in [0.2, 0.25) is 9.84 Å². The Balaban J connectivity index is 2.07. The Labute approximate surface area is 289 Å². The first-order valence-corrected chi connectivity index (χ1v) is 17.3. The minimum absolute atomic E-state index is 0.0445. The normalized spacial score (nSPS) is 12.6. The molecular weight excluding hydrogens is 656 g/mol. The molecule has 0 amide bonds. The largest absolute Gasteiger partial charge is 0.463 e. The van der Waals surface area contributed by atoms with E-state index in [-0.39, 0.29) is 60.6 Å². The number of esters is 4. The third-order valence-corrected chi connectivity index (χ3v) is 9.49. The van der Waals surface area contributed by atoms with Crippen LogP contribution in [0.3, 0.4) is 0 Å². The number of carbonyl (C=O) groups excluding carboxylic acids is 4. The molecule has 0 spiro atoms. The molecule has 0 aliphatic heterocycles. The van der Waals surface area contributed by atoms with Gasteiger partial charge < -0.3 is 28.4 Å². The van der Waals surface area contributed by atoms with Crippen LogP contribution in [0, 0.1) is 21.7 Å². The van der Waals surface area contributed by atoms with Crippen LogP contribution in [0.4, 0.5) is 0 Å². The van der Waals surface area contributed by atoms with E-state index < -0.39 is 55.4 Å². The molecule has 0 bridgehead atoms. The summed E-state index contributed by atoms with van der Waals surface area (Å²) in [6.07, 6.45) is 0.281. The zero-order valence-electron chi connectivity index (χ0n) is 30.2. The molecule has 12 nitrogen and oxygen atoms in total. The van der Waals surface area contributed by atoms with Crippen molar-refractivity contribution >= 4 is 33.7 Å². The first-order valence-electron chi connectivity index (χ1n) is 15.8. The maximum atomic E-state index is 13.3. The van der Waals surface area contributed by atoms with Crippen LogP contribution in [0.15, 0.2) is 58.3 Å². The lowest BCUT2D eigenvalue weighted by Gasteiger charge is -2.31. The summed E-state index contributed by atoms with van der Waals surface area (Å²) < 4.78 is 58.0. The van der Waals surface area contributed by atoms with E-state index in [9.17, 15) is 27.6 Å². The number of ether oxygens (including phenoxy) is 6. The predicted octanol–water partition coefficient (Wildman–Crippen LogP) is 5.59. The first kappa shape index (κ1) is 41.4. The fraction of sp³-hybridized carbons (Fsp3) is 0.556. The maximum Gasteiger partial charge on any atom is 0.316 e. The third-order valence-electron chi connectivity index (χ3n) is 7.71. The minimum Gasteiger partial charge on any atom is -0.463 e. The lowest BCUT2D eigenvalue weighted by atomic mass is 9.75. The number of methoxy groups -OCH3 is 2. The second-order valence-electron chi connectivity index (χ2n) is 14.4. The molecule has 0 aromatic heterocycles. The maximum absolute atomic E-state index is 13.3. The highest BCUT2D eigenvalue weighted by Crippen LogP contribution is 2.38. The van der Waals surface area contributed by atoms with E-state index in [4.69, 9.17) is 28.4 Å². The summed E-state index contributed by atoms with van der Waals surface area (Å²) >= 11 is 0. The SMILES string of the molecule is COCCOC(=O)C(C)(C)CC(C)(C)C(=O)Oc1ccc(S(=O)(=O)c2ccc(OC(=O)C(C)(C)CC(C)(C)C(=O)OCCOC)cc2)cc1. The van der Waals surface area contributed by atoms with Gasteiger partial charge in [-0.1, -0.05) is 0 Å². The lowest BCUT2D eigenvalue weighted by Crippen LogP contribution is -2.38. The fourth-order valence-electron chi connectivity index (χ4n) is 5.32. The molecule has 2 aromatic carbocycles.